The van der Waals surface area contributed by atoms with Gasteiger partial charge in [0, 0.05) is 98.1 Å². The molecule has 2 atom stereocenters. The lowest BCUT2D eigenvalue weighted by Gasteiger charge is -2.27. The van der Waals surface area contributed by atoms with Gasteiger partial charge < -0.3 is 48.4 Å². The molecule has 1 saturated heterocycles. The molecule has 25 heteroatoms. The van der Waals surface area contributed by atoms with E-state index in [1.165, 1.54) is 24.3 Å². The van der Waals surface area contributed by atoms with Crippen LogP contribution in [0.15, 0.2) is 79.5 Å². The molecule has 2 aromatic carbocycles. The number of H-pyrrole nitrogens is 1. The standard InChI is InChI=1S/C34H43FN8O4Si.C24H31FN6O3Si/c1-23(21-45-2)38-34(44)27-20-42(22-47-14-15-48(3,4)5)33-32(27)39-28(18-37-33)31-26-8-7-25(35)16-29(26)43(40-31)19-24-6-9-30(36-17-24)41-10-12-46-13-11-41;1-15(13-33-2)27-24(32)18-12-31(14-34-8-9-35(3,4)5)23-22(18)28-20(11-26-23)21-17-7-6-16(25)10-19(17)29-30-21/h6-9,16-18,20,23H,10-15,19,21-22H2,1-5H3,(H,38,44);6-7,10-12,15H,8-9,13-14H2,1-5H3,(H,27,32)(H,29,30)/t23-;15-/m00/s1. The Balaban J connectivity index is 0.000000210. The molecule has 7 aromatic heterocycles. The summed E-state index contributed by atoms with van der Waals surface area (Å²) in [6.45, 7) is 23.4. The zero-order valence-corrected chi connectivity index (χ0v) is 50.9. The highest BCUT2D eigenvalue weighted by atomic mass is 28.3. The van der Waals surface area contributed by atoms with Gasteiger partial charge in [-0.1, -0.05) is 45.3 Å². The molecule has 0 bridgehead atoms. The van der Waals surface area contributed by atoms with E-state index in [1.807, 2.05) is 36.7 Å². The minimum absolute atomic E-state index is 0.180. The second-order valence-corrected chi connectivity index (χ2v) is 34.5. The maximum Gasteiger partial charge on any atom is 0.255 e. The molecule has 2 amide bonds. The van der Waals surface area contributed by atoms with Gasteiger partial charge in [-0.3, -0.25) is 19.4 Å². The van der Waals surface area contributed by atoms with Gasteiger partial charge >= 0.3 is 0 Å². The van der Waals surface area contributed by atoms with Crippen molar-refractivity contribution in [2.75, 3.05) is 71.9 Å². The van der Waals surface area contributed by atoms with E-state index in [4.69, 9.17) is 43.7 Å². The predicted molar refractivity (Wildman–Crippen MR) is 321 cm³/mol. The van der Waals surface area contributed by atoms with Crippen molar-refractivity contribution < 1.29 is 42.1 Å². The number of nitrogens with one attached hydrogen (secondary N) is 3. The van der Waals surface area contributed by atoms with Crippen LogP contribution in [0, 0.1) is 11.6 Å². The van der Waals surface area contributed by atoms with Crippen molar-refractivity contribution in [3.8, 4) is 22.8 Å². The number of anilines is 1. The van der Waals surface area contributed by atoms with E-state index in [0.29, 0.717) is 119 Å². The largest absolute Gasteiger partial charge is 0.383 e. The van der Waals surface area contributed by atoms with Gasteiger partial charge in [0.05, 0.1) is 67.5 Å². The van der Waals surface area contributed by atoms with Gasteiger partial charge in [-0.2, -0.15) is 10.2 Å². The Bertz CT molecular complexity index is 3700. The van der Waals surface area contributed by atoms with Gasteiger partial charge in [-0.05, 0) is 74.0 Å². The summed E-state index contributed by atoms with van der Waals surface area (Å²) in [7, 11) is 0.685. The van der Waals surface area contributed by atoms with E-state index in [-0.39, 0.29) is 49.0 Å². The molecule has 0 spiro atoms. The van der Waals surface area contributed by atoms with Crippen LogP contribution in [-0.2, 0) is 43.7 Å². The number of nitrogens with zero attached hydrogens (tertiary/aromatic N) is 11. The highest BCUT2D eigenvalue weighted by molar-refractivity contribution is 6.76. The number of benzene rings is 2. The number of methoxy groups -OCH3 is 2. The van der Waals surface area contributed by atoms with E-state index in [9.17, 15) is 18.4 Å². The Morgan fingerprint density at radius 3 is 1.77 bits per heavy atom. The Kier molecular flexibility index (Phi) is 19.2. The molecule has 0 saturated carbocycles. The van der Waals surface area contributed by atoms with E-state index in [1.54, 1.807) is 60.4 Å². The number of hydrogen-bond acceptors (Lipinski definition) is 15. The third kappa shape index (κ3) is 15.1. The van der Waals surface area contributed by atoms with Gasteiger partial charge in [0.1, 0.15) is 64.7 Å². The second-order valence-electron chi connectivity index (χ2n) is 23.3. The van der Waals surface area contributed by atoms with Crippen LogP contribution in [0.2, 0.25) is 51.4 Å². The molecule has 8 heterocycles. The number of amides is 2. The lowest BCUT2D eigenvalue weighted by molar-refractivity contribution is 0.0874. The van der Waals surface area contributed by atoms with Crippen molar-refractivity contribution in [2.45, 2.75) is 97.3 Å². The summed E-state index contributed by atoms with van der Waals surface area (Å²) >= 11 is 0. The minimum Gasteiger partial charge on any atom is -0.383 e. The molecule has 10 rings (SSSR count). The molecule has 0 unspecified atom stereocenters. The summed E-state index contributed by atoms with van der Waals surface area (Å²) in [6, 6.07) is 14.7. The highest BCUT2D eigenvalue weighted by Gasteiger charge is 2.25. The van der Waals surface area contributed by atoms with Crippen LogP contribution in [-0.4, -0.2) is 161 Å². The first-order chi connectivity index (χ1) is 39.7. The molecular formula is C58H74F2N14O7Si2. The van der Waals surface area contributed by atoms with Crippen molar-refractivity contribution in [2.24, 2.45) is 0 Å². The third-order valence-electron chi connectivity index (χ3n) is 13.9. The number of carbonyl (C=O) groups is 2. The molecule has 0 aliphatic carbocycles. The zero-order chi connectivity index (χ0) is 59.0. The van der Waals surface area contributed by atoms with Crippen molar-refractivity contribution >= 4 is 77.9 Å². The average Bonchev–Trinajstić information content (AvgIpc) is 2.68. The number of halogens is 2. The molecule has 1 fully saturated rings. The fourth-order valence-electron chi connectivity index (χ4n) is 9.44. The summed E-state index contributed by atoms with van der Waals surface area (Å²) in [4.78, 5) is 52.5. The number of fused-ring (bicyclic) bond motifs is 4. The van der Waals surface area contributed by atoms with Crippen LogP contribution in [0.3, 0.4) is 0 Å². The van der Waals surface area contributed by atoms with Crippen molar-refractivity contribution in [3.05, 3.63) is 108 Å². The zero-order valence-electron chi connectivity index (χ0n) is 48.9. The number of morpholine rings is 1. The first kappa shape index (κ1) is 60.2. The van der Waals surface area contributed by atoms with Crippen LogP contribution in [0.1, 0.15) is 40.1 Å². The molecule has 21 nitrogen and oxygen atoms in total. The van der Waals surface area contributed by atoms with Gasteiger partial charge in [0.15, 0.2) is 11.3 Å². The summed E-state index contributed by atoms with van der Waals surface area (Å²) in [5, 5.41) is 19.4. The van der Waals surface area contributed by atoms with Crippen LogP contribution in [0.25, 0.3) is 66.9 Å². The predicted octanol–water partition coefficient (Wildman–Crippen LogP) is 9.13. The van der Waals surface area contributed by atoms with Crippen molar-refractivity contribution in [1.82, 2.24) is 64.7 Å². The first-order valence-electron chi connectivity index (χ1n) is 27.8. The Morgan fingerprint density at radius 2 is 1.24 bits per heavy atom. The number of hydrogen-bond donors (Lipinski definition) is 3. The first-order valence-corrected chi connectivity index (χ1v) is 35.2. The van der Waals surface area contributed by atoms with Crippen LogP contribution < -0.4 is 15.5 Å². The molecule has 0 radical (unpaired) electrons. The van der Waals surface area contributed by atoms with Gasteiger partial charge in [0.2, 0.25) is 0 Å². The van der Waals surface area contributed by atoms with Crippen LogP contribution in [0.4, 0.5) is 14.6 Å². The third-order valence-corrected chi connectivity index (χ3v) is 17.3. The smallest absolute Gasteiger partial charge is 0.255 e. The quantitative estimate of drug-likeness (QED) is 0.0401. The van der Waals surface area contributed by atoms with Gasteiger partial charge in [-0.25, -0.2) is 33.7 Å². The van der Waals surface area contributed by atoms with Crippen LogP contribution in [0.5, 0.6) is 0 Å². The minimum atomic E-state index is -1.27. The van der Waals surface area contributed by atoms with Crippen molar-refractivity contribution in [1.29, 1.82) is 0 Å². The maximum absolute atomic E-state index is 14.6. The lowest BCUT2D eigenvalue weighted by Crippen LogP contribution is -2.36. The van der Waals surface area contributed by atoms with E-state index < -0.39 is 16.1 Å². The normalized spacial score (nSPS) is 13.9. The number of aromatic nitrogens is 11. The highest BCUT2D eigenvalue weighted by Crippen LogP contribution is 2.32. The Labute approximate surface area is 482 Å². The SMILES string of the molecule is COC[C@H](C)NC(=O)c1cn(COCC[Si](C)(C)C)c2ncc(-c3n[nH]c4cc(F)ccc34)nc12.COC[C@H](C)NC(=O)c1cn(COCC[Si](C)(C)C)c2ncc(-c3nn(Cc4ccc(N5CCOCC5)nc4)c4cc(F)ccc34)nc12. The van der Waals surface area contributed by atoms with Gasteiger partial charge in [0.25, 0.3) is 11.8 Å². The molecule has 3 N–H and O–H groups in total. The Hall–Kier alpha value is -7.40. The molecule has 1 aliphatic rings. The molecule has 9 aromatic rings. The fraction of sp³-hybridized carbons (Fsp3) is 0.431. The van der Waals surface area contributed by atoms with E-state index in [2.05, 4.69) is 75.0 Å². The van der Waals surface area contributed by atoms with Crippen molar-refractivity contribution in [3.63, 3.8) is 0 Å². The molecule has 1 aliphatic heterocycles. The lowest BCUT2D eigenvalue weighted by atomic mass is 10.1. The maximum atomic E-state index is 14.6. The van der Waals surface area contributed by atoms with E-state index in [0.717, 1.165) is 41.9 Å². The second kappa shape index (κ2) is 26.5. The summed E-state index contributed by atoms with van der Waals surface area (Å²) in [5.74, 6) is -0.395. The Morgan fingerprint density at radius 1 is 0.699 bits per heavy atom. The number of rotatable bonds is 23. The summed E-state index contributed by atoms with van der Waals surface area (Å²) < 4.78 is 61.3. The summed E-state index contributed by atoms with van der Waals surface area (Å²) in [6.07, 6.45) is 8.53. The topological polar surface area (TPSA) is 228 Å². The molecular weight excluding hydrogens is 1100 g/mol. The molecule has 440 valence electrons. The summed E-state index contributed by atoms with van der Waals surface area (Å²) in [5.41, 5.74) is 6.80. The fourth-order valence-corrected chi connectivity index (χ4v) is 10.9. The van der Waals surface area contributed by atoms with E-state index >= 15 is 0 Å². The number of carbonyl (C=O) groups excluding carboxylic acids is 2. The monoisotopic (exact) mass is 1170 g/mol. The number of aromatic amines is 1. The number of pyridine rings is 1. The molecule has 83 heavy (non-hydrogen) atoms. The van der Waals surface area contributed by atoms with Crippen LogP contribution >= 0.6 is 0 Å². The number of ether oxygens (including phenoxy) is 5. The van der Waals surface area contributed by atoms with Gasteiger partial charge in [-0.15, -0.1) is 0 Å². The average molecular weight is 1170 g/mol.